The fraction of sp³-hybridized carbons (Fsp3) is 0.611. The maximum atomic E-state index is 14.6. The lowest BCUT2D eigenvalue weighted by molar-refractivity contribution is 0.0543. The summed E-state index contributed by atoms with van der Waals surface area (Å²) in [5.41, 5.74) is 4.23. The zero-order valence-corrected chi connectivity index (χ0v) is 28.2. The molecule has 2 fully saturated rings. The average Bonchev–Trinajstić information content (AvgIpc) is 3.36. The average molecular weight is 621 g/mol. The summed E-state index contributed by atoms with van der Waals surface area (Å²) in [6.07, 6.45) is 6.46. The van der Waals surface area contributed by atoms with E-state index in [-0.39, 0.29) is 18.6 Å². The van der Waals surface area contributed by atoms with Crippen molar-refractivity contribution in [3.63, 3.8) is 0 Å². The van der Waals surface area contributed by atoms with Crippen LogP contribution in [0.25, 0.3) is 16.6 Å². The van der Waals surface area contributed by atoms with Crippen molar-refractivity contribution in [3.05, 3.63) is 59.4 Å². The van der Waals surface area contributed by atoms with Crippen LogP contribution < -0.4 is 0 Å². The maximum Gasteiger partial charge on any atom is 0.254 e. The van der Waals surface area contributed by atoms with E-state index in [0.29, 0.717) is 30.0 Å². The van der Waals surface area contributed by atoms with Crippen molar-refractivity contribution in [2.75, 3.05) is 65.5 Å². The number of carbonyl (C=O) groups is 1. The lowest BCUT2D eigenvalue weighted by Gasteiger charge is -2.46. The first-order chi connectivity index (χ1) is 21.6. The Morgan fingerprint density at radius 3 is 2.36 bits per heavy atom. The first-order valence-electron chi connectivity index (χ1n) is 17.0. The van der Waals surface area contributed by atoms with Gasteiger partial charge in [0.1, 0.15) is 11.6 Å². The molecule has 0 aliphatic carbocycles. The number of halogens is 1. The number of piperazine rings is 1. The molecule has 246 valence electrons. The number of aliphatic hydroxyl groups is 1. The van der Waals surface area contributed by atoms with E-state index in [2.05, 4.69) is 50.2 Å². The van der Waals surface area contributed by atoms with E-state index in [0.717, 1.165) is 74.8 Å². The van der Waals surface area contributed by atoms with Crippen molar-refractivity contribution in [1.29, 1.82) is 0 Å². The third kappa shape index (κ3) is 7.43. The maximum absolute atomic E-state index is 14.6. The molecule has 2 aliphatic heterocycles. The Balaban J connectivity index is 1.32. The Kier molecular flexibility index (Phi) is 11.0. The van der Waals surface area contributed by atoms with Crippen LogP contribution >= 0.6 is 0 Å². The number of hydrogen-bond donors (Lipinski definition) is 1. The summed E-state index contributed by atoms with van der Waals surface area (Å²) in [5, 5.41) is 9.22. The summed E-state index contributed by atoms with van der Waals surface area (Å²) in [7, 11) is 0. The number of carbonyl (C=O) groups excluding carboxylic acids is 1. The van der Waals surface area contributed by atoms with Crippen LogP contribution in [0.2, 0.25) is 0 Å². The molecule has 4 heterocycles. The van der Waals surface area contributed by atoms with Gasteiger partial charge in [-0.3, -0.25) is 14.6 Å². The van der Waals surface area contributed by atoms with Gasteiger partial charge < -0.3 is 19.3 Å². The van der Waals surface area contributed by atoms with Gasteiger partial charge in [-0.15, -0.1) is 0 Å². The first kappa shape index (κ1) is 33.5. The molecule has 2 aromatic heterocycles. The molecule has 1 atom stereocenters. The van der Waals surface area contributed by atoms with Crippen molar-refractivity contribution >= 4 is 11.4 Å². The minimum atomic E-state index is -0.405. The summed E-state index contributed by atoms with van der Waals surface area (Å²) < 4.78 is 16.7. The molecule has 8 nitrogen and oxygen atoms in total. The number of aromatic nitrogens is 2. The van der Waals surface area contributed by atoms with Gasteiger partial charge in [0.15, 0.2) is 0 Å². The molecule has 9 heteroatoms. The van der Waals surface area contributed by atoms with E-state index in [1.807, 2.05) is 33.9 Å². The number of β-amino-alcohol motifs (C(OH)–C–C–N with tert-alkyl or cyclic N) is 1. The predicted octanol–water partition coefficient (Wildman–Crippen LogP) is 5.13. The van der Waals surface area contributed by atoms with Crippen LogP contribution in [0.5, 0.6) is 0 Å². The minimum Gasteiger partial charge on any atom is -0.395 e. The number of nitrogens with zero attached hydrogens (tertiary/aromatic N) is 6. The molecule has 5 rings (SSSR count). The highest BCUT2D eigenvalue weighted by molar-refractivity contribution is 6.03. The number of rotatable bonds is 13. The zero-order valence-electron chi connectivity index (χ0n) is 28.2. The second kappa shape index (κ2) is 14.7. The summed E-state index contributed by atoms with van der Waals surface area (Å²) in [5.74, 6) is 1.31. The SMILES string of the molecule is CCN(C(=O)c1cc(F)ccc1-c1cc(C2CN([C@@H](CCCN3CCN(CCO)CC3)C(C)C)C2)cn2c(C)ncc12)C(C)C. The van der Waals surface area contributed by atoms with Gasteiger partial charge in [0.05, 0.1) is 23.9 Å². The standard InChI is InChI=1S/C36H53FN6O2/c1-7-42(26(4)5)36(45)33-20-30(37)10-11-31(33)32-19-28(24-43-27(6)38-21-35(32)43)29-22-41(23-29)34(25(2)3)9-8-12-39-13-15-40(16-14-39)17-18-44/h10-11,19-21,24-26,29,34,44H,7-9,12-18,22-23H2,1-6H3/t34-/m0/s1. The molecule has 3 aromatic rings. The van der Waals surface area contributed by atoms with E-state index in [4.69, 9.17) is 0 Å². The third-order valence-electron chi connectivity index (χ3n) is 10.0. The van der Waals surface area contributed by atoms with Crippen LogP contribution in [0.15, 0.2) is 36.7 Å². The molecule has 0 radical (unpaired) electrons. The zero-order chi connectivity index (χ0) is 32.2. The van der Waals surface area contributed by atoms with Crippen molar-refractivity contribution in [2.45, 2.75) is 72.4 Å². The number of fused-ring (bicyclic) bond motifs is 1. The molecule has 0 spiro atoms. The highest BCUT2D eigenvalue weighted by Crippen LogP contribution is 2.37. The van der Waals surface area contributed by atoms with Gasteiger partial charge in [-0.25, -0.2) is 9.37 Å². The number of pyridine rings is 1. The Labute approximate surface area is 268 Å². The van der Waals surface area contributed by atoms with Crippen molar-refractivity contribution in [1.82, 2.24) is 29.0 Å². The lowest BCUT2D eigenvalue weighted by Crippen LogP contribution is -2.53. The molecule has 2 saturated heterocycles. The summed E-state index contributed by atoms with van der Waals surface area (Å²) in [4.78, 5) is 27.7. The fourth-order valence-corrected chi connectivity index (χ4v) is 7.34. The number of benzene rings is 1. The number of aryl methyl sites for hydroxylation is 1. The molecule has 0 saturated carbocycles. The number of amides is 1. The second-order valence-corrected chi connectivity index (χ2v) is 13.6. The highest BCUT2D eigenvalue weighted by atomic mass is 19.1. The van der Waals surface area contributed by atoms with Gasteiger partial charge in [0, 0.05) is 82.1 Å². The normalized spacial score (nSPS) is 17.8. The lowest BCUT2D eigenvalue weighted by atomic mass is 9.85. The van der Waals surface area contributed by atoms with Crippen LogP contribution in [0.3, 0.4) is 0 Å². The van der Waals surface area contributed by atoms with Crippen molar-refractivity contribution in [3.8, 4) is 11.1 Å². The Morgan fingerprint density at radius 2 is 1.73 bits per heavy atom. The number of hydrogen-bond acceptors (Lipinski definition) is 6. The molecule has 45 heavy (non-hydrogen) atoms. The fourth-order valence-electron chi connectivity index (χ4n) is 7.34. The molecule has 1 N–H and O–H groups in total. The first-order valence-corrected chi connectivity index (χ1v) is 17.0. The monoisotopic (exact) mass is 620 g/mol. The molecule has 0 bridgehead atoms. The predicted molar refractivity (Wildman–Crippen MR) is 179 cm³/mol. The third-order valence-corrected chi connectivity index (χ3v) is 10.0. The Hall–Kier alpha value is -2.85. The van der Waals surface area contributed by atoms with Gasteiger partial charge in [-0.05, 0) is 82.3 Å². The summed E-state index contributed by atoms with van der Waals surface area (Å²) in [6, 6.07) is 7.38. The number of imidazole rings is 1. The van der Waals surface area contributed by atoms with E-state index in [9.17, 15) is 14.3 Å². The summed E-state index contributed by atoms with van der Waals surface area (Å²) in [6.45, 7) is 21.7. The quantitative estimate of drug-likeness (QED) is 0.286. The second-order valence-electron chi connectivity index (χ2n) is 13.6. The van der Waals surface area contributed by atoms with Crippen LogP contribution in [-0.2, 0) is 0 Å². The number of likely N-dealkylation sites (tertiary alicyclic amines) is 1. The van der Waals surface area contributed by atoms with Gasteiger partial charge >= 0.3 is 0 Å². The van der Waals surface area contributed by atoms with Crippen LogP contribution in [0.4, 0.5) is 4.39 Å². The van der Waals surface area contributed by atoms with Crippen LogP contribution in [-0.4, -0.2) is 118 Å². The van der Waals surface area contributed by atoms with Gasteiger partial charge in [-0.1, -0.05) is 19.9 Å². The van der Waals surface area contributed by atoms with Crippen LogP contribution in [0, 0.1) is 18.7 Å². The van der Waals surface area contributed by atoms with Gasteiger partial charge in [0.25, 0.3) is 5.91 Å². The van der Waals surface area contributed by atoms with Gasteiger partial charge in [-0.2, -0.15) is 0 Å². The van der Waals surface area contributed by atoms with Crippen molar-refractivity contribution < 1.29 is 14.3 Å². The molecule has 1 aromatic carbocycles. The minimum absolute atomic E-state index is 0.0131. The Morgan fingerprint density at radius 1 is 1.04 bits per heavy atom. The molecule has 1 amide bonds. The summed E-state index contributed by atoms with van der Waals surface area (Å²) >= 11 is 0. The topological polar surface area (TPSA) is 67.6 Å². The largest absolute Gasteiger partial charge is 0.395 e. The van der Waals surface area contributed by atoms with Gasteiger partial charge in [0.2, 0.25) is 0 Å². The molecule has 0 unspecified atom stereocenters. The molecular formula is C36H53FN6O2. The smallest absolute Gasteiger partial charge is 0.254 e. The number of aliphatic hydroxyl groups excluding tert-OH is 1. The van der Waals surface area contributed by atoms with E-state index < -0.39 is 5.82 Å². The highest BCUT2D eigenvalue weighted by Gasteiger charge is 2.35. The van der Waals surface area contributed by atoms with Crippen LogP contribution in [0.1, 0.15) is 75.1 Å². The van der Waals surface area contributed by atoms with E-state index >= 15 is 0 Å². The van der Waals surface area contributed by atoms with E-state index in [1.165, 1.54) is 30.5 Å². The molecule has 2 aliphatic rings. The van der Waals surface area contributed by atoms with E-state index in [1.54, 1.807) is 11.0 Å². The van der Waals surface area contributed by atoms with Crippen molar-refractivity contribution in [2.24, 2.45) is 5.92 Å². The Bertz CT molecular complexity index is 1440. The molecular weight excluding hydrogens is 567 g/mol.